The molecule has 0 saturated carbocycles. The zero-order chi connectivity index (χ0) is 15.7. The van der Waals surface area contributed by atoms with Gasteiger partial charge in [-0.25, -0.2) is 0 Å². The summed E-state index contributed by atoms with van der Waals surface area (Å²) in [5.74, 6) is -1.77. The van der Waals surface area contributed by atoms with Gasteiger partial charge in [0.15, 0.2) is 5.41 Å². The first-order valence-electron chi connectivity index (χ1n) is 6.84. The van der Waals surface area contributed by atoms with E-state index in [0.29, 0.717) is 6.42 Å². The topological polar surface area (TPSA) is 40.5 Å². The molecule has 1 aromatic rings. The number of carboxylic acids is 1. The molecule has 2 unspecified atom stereocenters. The van der Waals surface area contributed by atoms with Crippen molar-refractivity contribution >= 4 is 5.97 Å². The second kappa shape index (κ2) is 5.67. The predicted molar refractivity (Wildman–Crippen MR) is 71.9 cm³/mol. The van der Waals surface area contributed by atoms with Crippen LogP contribution in [0.15, 0.2) is 30.3 Å². The molecule has 6 heteroatoms. The van der Waals surface area contributed by atoms with Crippen molar-refractivity contribution in [2.75, 3.05) is 13.1 Å². The van der Waals surface area contributed by atoms with E-state index in [2.05, 4.69) is 0 Å². The average Bonchev–Trinajstić information content (AvgIpc) is 2.86. The van der Waals surface area contributed by atoms with E-state index in [1.54, 1.807) is 4.90 Å². The zero-order valence-electron chi connectivity index (χ0n) is 11.7. The van der Waals surface area contributed by atoms with Crippen molar-refractivity contribution in [2.45, 2.75) is 32.0 Å². The van der Waals surface area contributed by atoms with Gasteiger partial charge in [-0.05, 0) is 31.9 Å². The number of hydrogen-bond acceptors (Lipinski definition) is 2. The number of benzene rings is 1. The minimum atomic E-state index is -4.72. The van der Waals surface area contributed by atoms with Crippen molar-refractivity contribution in [3.05, 3.63) is 35.9 Å². The molecule has 1 aromatic carbocycles. The molecule has 2 rings (SSSR count). The van der Waals surface area contributed by atoms with E-state index in [-0.39, 0.29) is 19.0 Å². The highest BCUT2D eigenvalue weighted by atomic mass is 19.4. The molecule has 0 radical (unpaired) electrons. The molecule has 21 heavy (non-hydrogen) atoms. The van der Waals surface area contributed by atoms with Crippen LogP contribution in [0.2, 0.25) is 0 Å². The first-order valence-corrected chi connectivity index (χ1v) is 6.84. The van der Waals surface area contributed by atoms with Gasteiger partial charge >= 0.3 is 12.1 Å². The molecular weight excluding hydrogens is 283 g/mol. The molecule has 0 aromatic heterocycles. The zero-order valence-corrected chi connectivity index (χ0v) is 11.7. The molecule has 0 aliphatic carbocycles. The number of carbonyl (C=O) groups is 1. The summed E-state index contributed by atoms with van der Waals surface area (Å²) in [7, 11) is 0. The van der Waals surface area contributed by atoms with Gasteiger partial charge in [-0.1, -0.05) is 30.3 Å². The maximum Gasteiger partial charge on any atom is 0.406 e. The Hall–Kier alpha value is -1.56. The van der Waals surface area contributed by atoms with Crippen LogP contribution in [0.25, 0.3) is 0 Å². The number of aliphatic carboxylic acids is 1. The van der Waals surface area contributed by atoms with Gasteiger partial charge in [-0.3, -0.25) is 9.69 Å². The highest BCUT2D eigenvalue weighted by molar-refractivity contribution is 5.76. The monoisotopic (exact) mass is 301 g/mol. The van der Waals surface area contributed by atoms with Crippen molar-refractivity contribution in [3.63, 3.8) is 0 Å². The van der Waals surface area contributed by atoms with Gasteiger partial charge in [-0.2, -0.15) is 13.2 Å². The Balaban J connectivity index is 2.09. The summed E-state index contributed by atoms with van der Waals surface area (Å²) in [5.41, 5.74) is -1.59. The summed E-state index contributed by atoms with van der Waals surface area (Å²) in [6.07, 6.45) is -4.50. The SMILES string of the molecule is CC(Cc1ccccc1)N1CCC(C(=O)O)(C(F)(F)F)C1. The molecule has 1 aliphatic heterocycles. The van der Waals surface area contributed by atoms with E-state index in [4.69, 9.17) is 5.11 Å². The van der Waals surface area contributed by atoms with Gasteiger partial charge in [-0.15, -0.1) is 0 Å². The highest BCUT2D eigenvalue weighted by Crippen LogP contribution is 2.46. The highest BCUT2D eigenvalue weighted by Gasteiger charge is 2.63. The minimum Gasteiger partial charge on any atom is -0.481 e. The average molecular weight is 301 g/mol. The first-order chi connectivity index (χ1) is 9.76. The normalized spacial score (nSPS) is 25.0. The van der Waals surface area contributed by atoms with Crippen LogP contribution in [-0.4, -0.2) is 41.3 Å². The van der Waals surface area contributed by atoms with Crippen LogP contribution in [0.5, 0.6) is 0 Å². The van der Waals surface area contributed by atoms with Crippen LogP contribution in [0, 0.1) is 5.41 Å². The molecule has 0 spiro atoms. The van der Waals surface area contributed by atoms with Crippen molar-refractivity contribution in [1.82, 2.24) is 4.90 Å². The van der Waals surface area contributed by atoms with Gasteiger partial charge in [0.2, 0.25) is 0 Å². The Morgan fingerprint density at radius 2 is 2.00 bits per heavy atom. The van der Waals surface area contributed by atoms with Crippen molar-refractivity contribution in [3.8, 4) is 0 Å². The summed E-state index contributed by atoms with van der Waals surface area (Å²) >= 11 is 0. The van der Waals surface area contributed by atoms with Gasteiger partial charge in [0, 0.05) is 12.6 Å². The van der Waals surface area contributed by atoms with E-state index in [9.17, 15) is 18.0 Å². The number of halogens is 3. The maximum absolute atomic E-state index is 13.1. The Morgan fingerprint density at radius 1 is 1.38 bits per heavy atom. The van der Waals surface area contributed by atoms with E-state index in [1.807, 2.05) is 37.3 Å². The van der Waals surface area contributed by atoms with Crippen molar-refractivity contribution < 1.29 is 23.1 Å². The van der Waals surface area contributed by atoms with Crippen LogP contribution in [0.1, 0.15) is 18.9 Å². The van der Waals surface area contributed by atoms with Crippen LogP contribution in [0.4, 0.5) is 13.2 Å². The lowest BCUT2D eigenvalue weighted by Crippen LogP contribution is -2.48. The summed E-state index contributed by atoms with van der Waals surface area (Å²) in [6.45, 7) is 1.51. The Kier molecular flexibility index (Phi) is 4.27. The lowest BCUT2D eigenvalue weighted by Gasteiger charge is -2.29. The molecule has 3 nitrogen and oxygen atoms in total. The number of hydrogen-bond donors (Lipinski definition) is 1. The van der Waals surface area contributed by atoms with E-state index in [1.165, 1.54) is 0 Å². The molecule has 1 fully saturated rings. The molecule has 2 atom stereocenters. The second-order valence-corrected chi connectivity index (χ2v) is 5.64. The fraction of sp³-hybridized carbons (Fsp3) is 0.533. The number of rotatable bonds is 4. The maximum atomic E-state index is 13.1. The molecule has 116 valence electrons. The number of alkyl halides is 3. The van der Waals surface area contributed by atoms with E-state index in [0.717, 1.165) is 5.56 Å². The van der Waals surface area contributed by atoms with Crippen molar-refractivity contribution in [2.24, 2.45) is 5.41 Å². The number of likely N-dealkylation sites (tertiary alicyclic amines) is 1. The van der Waals surface area contributed by atoms with Gasteiger partial charge in [0.1, 0.15) is 0 Å². The molecule has 1 heterocycles. The number of carboxylic acid groups (broad SMARTS) is 1. The quantitative estimate of drug-likeness (QED) is 0.929. The number of nitrogens with zero attached hydrogens (tertiary/aromatic N) is 1. The standard InChI is InChI=1S/C15H18F3NO2/c1-11(9-12-5-3-2-4-6-12)19-8-7-14(10-19,13(20)21)15(16,17)18/h2-6,11H,7-10H2,1H3,(H,20,21). The lowest BCUT2D eigenvalue weighted by molar-refractivity contribution is -0.227. The molecule has 1 saturated heterocycles. The Labute approximate surface area is 121 Å². The van der Waals surface area contributed by atoms with Crippen LogP contribution >= 0.6 is 0 Å². The third-order valence-electron chi connectivity index (χ3n) is 4.25. The van der Waals surface area contributed by atoms with Crippen LogP contribution in [-0.2, 0) is 11.2 Å². The van der Waals surface area contributed by atoms with Crippen molar-refractivity contribution in [1.29, 1.82) is 0 Å². The van der Waals surface area contributed by atoms with Gasteiger partial charge < -0.3 is 5.11 Å². The third-order valence-corrected chi connectivity index (χ3v) is 4.25. The fourth-order valence-corrected chi connectivity index (χ4v) is 2.83. The fourth-order valence-electron chi connectivity index (χ4n) is 2.83. The van der Waals surface area contributed by atoms with E-state index >= 15 is 0 Å². The summed E-state index contributed by atoms with van der Waals surface area (Å²) in [4.78, 5) is 12.8. The molecule has 0 bridgehead atoms. The second-order valence-electron chi connectivity index (χ2n) is 5.64. The lowest BCUT2D eigenvalue weighted by atomic mass is 9.86. The van der Waals surface area contributed by atoms with E-state index < -0.39 is 24.1 Å². The minimum absolute atomic E-state index is 0.129. The molecule has 1 N–H and O–H groups in total. The summed E-state index contributed by atoms with van der Waals surface area (Å²) in [5, 5.41) is 9.04. The Morgan fingerprint density at radius 3 is 2.48 bits per heavy atom. The van der Waals surface area contributed by atoms with Gasteiger partial charge in [0.05, 0.1) is 0 Å². The largest absolute Gasteiger partial charge is 0.481 e. The predicted octanol–water partition coefficient (Wildman–Crippen LogP) is 2.96. The van der Waals surface area contributed by atoms with Gasteiger partial charge in [0.25, 0.3) is 0 Å². The smallest absolute Gasteiger partial charge is 0.406 e. The summed E-state index contributed by atoms with van der Waals surface area (Å²) < 4.78 is 39.4. The van der Waals surface area contributed by atoms with Crippen LogP contribution < -0.4 is 0 Å². The first kappa shape index (κ1) is 15.8. The third kappa shape index (κ3) is 3.05. The molecule has 0 amide bonds. The summed E-state index contributed by atoms with van der Waals surface area (Å²) in [6, 6.07) is 9.34. The Bertz CT molecular complexity index is 503. The molecular formula is C15H18F3NO2. The molecule has 1 aliphatic rings. The van der Waals surface area contributed by atoms with Crippen LogP contribution in [0.3, 0.4) is 0 Å².